The molecule has 2 fully saturated rings. The van der Waals surface area contributed by atoms with Crippen LogP contribution in [0.25, 0.3) is 0 Å². The monoisotopic (exact) mass is 274 g/mol. The first kappa shape index (κ1) is 14.1. The van der Waals surface area contributed by atoms with E-state index >= 15 is 0 Å². The van der Waals surface area contributed by atoms with E-state index in [4.69, 9.17) is 10.5 Å². The zero-order chi connectivity index (χ0) is 14.3. The molecular formula is C17H26N2O. The van der Waals surface area contributed by atoms with E-state index in [0.29, 0.717) is 12.6 Å². The van der Waals surface area contributed by atoms with Gasteiger partial charge in [-0.2, -0.15) is 0 Å². The van der Waals surface area contributed by atoms with Crippen LogP contribution in [0.5, 0.6) is 0 Å². The van der Waals surface area contributed by atoms with Crippen LogP contribution in [0.2, 0.25) is 0 Å². The predicted molar refractivity (Wildman–Crippen MR) is 81.9 cm³/mol. The maximum atomic E-state index is 5.98. The number of nitrogens with two attached hydrogens (primary N) is 1. The highest BCUT2D eigenvalue weighted by Gasteiger charge is 2.41. The summed E-state index contributed by atoms with van der Waals surface area (Å²) in [6.45, 7) is 9.05. The lowest BCUT2D eigenvalue weighted by atomic mass is 9.90. The van der Waals surface area contributed by atoms with Gasteiger partial charge in [0.1, 0.15) is 0 Å². The van der Waals surface area contributed by atoms with Crippen molar-refractivity contribution in [1.82, 2.24) is 4.90 Å². The summed E-state index contributed by atoms with van der Waals surface area (Å²) in [4.78, 5) is 2.64. The molecule has 3 nitrogen and oxygen atoms in total. The van der Waals surface area contributed by atoms with Gasteiger partial charge in [-0.15, -0.1) is 0 Å². The SMILES string of the molecule is Cc1cc(C)c(C2C(CN)OCCN2C2CC2)cc1C. The van der Waals surface area contributed by atoms with Crippen molar-refractivity contribution in [2.45, 2.75) is 51.8 Å². The molecule has 2 atom stereocenters. The van der Waals surface area contributed by atoms with Crippen molar-refractivity contribution in [3.8, 4) is 0 Å². The second-order valence-corrected chi connectivity index (χ2v) is 6.35. The minimum absolute atomic E-state index is 0.130. The van der Waals surface area contributed by atoms with Crippen molar-refractivity contribution < 1.29 is 4.74 Å². The largest absolute Gasteiger partial charge is 0.374 e. The Hall–Kier alpha value is -0.900. The van der Waals surface area contributed by atoms with E-state index in [0.717, 1.165) is 19.2 Å². The predicted octanol–water partition coefficient (Wildman–Crippen LogP) is 2.47. The van der Waals surface area contributed by atoms with Crippen LogP contribution in [0.1, 0.15) is 41.1 Å². The molecule has 1 heterocycles. The highest BCUT2D eigenvalue weighted by molar-refractivity contribution is 5.39. The number of aryl methyl sites for hydroxylation is 3. The third kappa shape index (κ3) is 2.50. The maximum Gasteiger partial charge on any atom is 0.0894 e. The molecule has 1 aliphatic heterocycles. The standard InChI is InChI=1S/C17H26N2O/c1-11-8-13(3)15(9-12(11)2)17-16(10-18)20-7-6-19(17)14-4-5-14/h8-9,14,16-17H,4-7,10,18H2,1-3H3. The molecule has 2 unspecified atom stereocenters. The van der Waals surface area contributed by atoms with Crippen LogP contribution in [0.15, 0.2) is 12.1 Å². The van der Waals surface area contributed by atoms with E-state index in [-0.39, 0.29) is 6.10 Å². The Kier molecular flexibility index (Phi) is 3.85. The molecule has 2 N–H and O–H groups in total. The van der Waals surface area contributed by atoms with Crippen molar-refractivity contribution in [2.75, 3.05) is 19.7 Å². The lowest BCUT2D eigenvalue weighted by Crippen LogP contribution is -2.49. The van der Waals surface area contributed by atoms with Gasteiger partial charge in [0, 0.05) is 19.1 Å². The summed E-state index contributed by atoms with van der Waals surface area (Å²) in [7, 11) is 0. The maximum absolute atomic E-state index is 5.98. The van der Waals surface area contributed by atoms with Gasteiger partial charge < -0.3 is 10.5 Å². The van der Waals surface area contributed by atoms with Crippen LogP contribution in [-0.4, -0.2) is 36.7 Å². The Bertz CT molecular complexity index is 496. The summed E-state index contributed by atoms with van der Waals surface area (Å²) >= 11 is 0. The molecule has 0 spiro atoms. The fourth-order valence-corrected chi connectivity index (χ4v) is 3.45. The quantitative estimate of drug-likeness (QED) is 0.920. The van der Waals surface area contributed by atoms with Gasteiger partial charge in [-0.25, -0.2) is 0 Å². The van der Waals surface area contributed by atoms with E-state index in [1.165, 1.54) is 35.1 Å². The molecular weight excluding hydrogens is 248 g/mol. The van der Waals surface area contributed by atoms with Crippen molar-refractivity contribution in [2.24, 2.45) is 5.73 Å². The summed E-state index contributed by atoms with van der Waals surface area (Å²) in [6, 6.07) is 5.74. The third-order valence-electron chi connectivity index (χ3n) is 4.84. The second kappa shape index (κ2) is 5.47. The lowest BCUT2D eigenvalue weighted by molar-refractivity contribution is -0.0714. The minimum atomic E-state index is 0.130. The molecule has 1 saturated heterocycles. The Balaban J connectivity index is 2.00. The van der Waals surface area contributed by atoms with Crippen LogP contribution >= 0.6 is 0 Å². The fourth-order valence-electron chi connectivity index (χ4n) is 3.45. The molecule has 110 valence electrons. The van der Waals surface area contributed by atoms with E-state index in [2.05, 4.69) is 37.8 Å². The summed E-state index contributed by atoms with van der Waals surface area (Å²) in [5, 5.41) is 0. The minimum Gasteiger partial charge on any atom is -0.374 e. The van der Waals surface area contributed by atoms with Gasteiger partial charge in [-0.05, 0) is 55.9 Å². The molecule has 1 aromatic carbocycles. The first-order valence-electron chi connectivity index (χ1n) is 7.77. The van der Waals surface area contributed by atoms with Crippen molar-refractivity contribution in [1.29, 1.82) is 0 Å². The number of rotatable bonds is 3. The average Bonchev–Trinajstić information content (AvgIpc) is 3.26. The molecule has 0 radical (unpaired) electrons. The number of hydrogen-bond acceptors (Lipinski definition) is 3. The number of ether oxygens (including phenoxy) is 1. The Morgan fingerprint density at radius 1 is 1.15 bits per heavy atom. The van der Waals surface area contributed by atoms with Crippen LogP contribution < -0.4 is 5.73 Å². The van der Waals surface area contributed by atoms with Crippen LogP contribution in [0, 0.1) is 20.8 Å². The fraction of sp³-hybridized carbons (Fsp3) is 0.647. The summed E-state index contributed by atoms with van der Waals surface area (Å²) in [5.41, 5.74) is 11.5. The Labute approximate surface area is 122 Å². The molecule has 0 amide bonds. The Morgan fingerprint density at radius 2 is 1.85 bits per heavy atom. The molecule has 1 aliphatic carbocycles. The molecule has 1 saturated carbocycles. The lowest BCUT2D eigenvalue weighted by Gasteiger charge is -2.42. The highest BCUT2D eigenvalue weighted by Crippen LogP contribution is 2.40. The second-order valence-electron chi connectivity index (χ2n) is 6.35. The molecule has 1 aromatic rings. The number of benzene rings is 1. The summed E-state index contributed by atoms with van der Waals surface area (Å²) in [6.07, 6.45) is 2.79. The molecule has 2 aliphatic rings. The highest BCUT2D eigenvalue weighted by atomic mass is 16.5. The topological polar surface area (TPSA) is 38.5 Å². The van der Waals surface area contributed by atoms with Gasteiger partial charge in [0.05, 0.1) is 18.8 Å². The molecule has 3 heteroatoms. The number of morpholine rings is 1. The van der Waals surface area contributed by atoms with Gasteiger partial charge in [0.15, 0.2) is 0 Å². The normalized spacial score (nSPS) is 27.8. The first-order valence-corrected chi connectivity index (χ1v) is 7.77. The average molecular weight is 274 g/mol. The zero-order valence-corrected chi connectivity index (χ0v) is 12.9. The zero-order valence-electron chi connectivity index (χ0n) is 12.9. The van der Waals surface area contributed by atoms with Crippen molar-refractivity contribution in [3.63, 3.8) is 0 Å². The van der Waals surface area contributed by atoms with E-state index in [9.17, 15) is 0 Å². The van der Waals surface area contributed by atoms with E-state index in [1.807, 2.05) is 0 Å². The van der Waals surface area contributed by atoms with Crippen LogP contribution in [0.4, 0.5) is 0 Å². The van der Waals surface area contributed by atoms with E-state index < -0.39 is 0 Å². The first-order chi connectivity index (χ1) is 9.61. The molecule has 0 bridgehead atoms. The van der Waals surface area contributed by atoms with Gasteiger partial charge in [0.2, 0.25) is 0 Å². The van der Waals surface area contributed by atoms with Crippen LogP contribution in [0.3, 0.4) is 0 Å². The third-order valence-corrected chi connectivity index (χ3v) is 4.84. The number of nitrogens with zero attached hydrogens (tertiary/aromatic N) is 1. The summed E-state index contributed by atoms with van der Waals surface area (Å²) < 4.78 is 5.96. The van der Waals surface area contributed by atoms with Gasteiger partial charge in [-0.3, -0.25) is 4.90 Å². The van der Waals surface area contributed by atoms with Gasteiger partial charge in [0.25, 0.3) is 0 Å². The van der Waals surface area contributed by atoms with Gasteiger partial charge in [-0.1, -0.05) is 12.1 Å². The number of hydrogen-bond donors (Lipinski definition) is 1. The van der Waals surface area contributed by atoms with E-state index in [1.54, 1.807) is 0 Å². The van der Waals surface area contributed by atoms with Crippen LogP contribution in [-0.2, 0) is 4.74 Å². The van der Waals surface area contributed by atoms with Crippen molar-refractivity contribution >= 4 is 0 Å². The van der Waals surface area contributed by atoms with Gasteiger partial charge >= 0.3 is 0 Å². The molecule has 3 rings (SSSR count). The summed E-state index contributed by atoms with van der Waals surface area (Å²) in [5.74, 6) is 0. The Morgan fingerprint density at radius 3 is 2.50 bits per heavy atom. The smallest absolute Gasteiger partial charge is 0.0894 e. The molecule has 0 aromatic heterocycles. The molecule has 20 heavy (non-hydrogen) atoms. The van der Waals surface area contributed by atoms with Crippen molar-refractivity contribution in [3.05, 3.63) is 34.4 Å².